The van der Waals surface area contributed by atoms with Crippen molar-refractivity contribution < 1.29 is 0 Å². The summed E-state index contributed by atoms with van der Waals surface area (Å²) in [5, 5.41) is 2.94. The normalized spacial score (nSPS) is 8.42. The maximum atomic E-state index is 5.52. The molecule has 0 saturated carbocycles. The predicted octanol–water partition coefficient (Wildman–Crippen LogP) is 0.494. The third kappa shape index (κ3) is 2.13. The predicted molar refractivity (Wildman–Crippen MR) is 48.4 cm³/mol. The first-order valence-corrected chi connectivity index (χ1v) is 3.54. The van der Waals surface area contributed by atoms with E-state index in [9.17, 15) is 0 Å². The number of aromatic nitrogens is 2. The standard InChI is InChI=1S/C8H10N4/c1-2-3-4-11-8-7(9)10-5-6-12-8/h5-6H,4H2,1H3,(H2,9,10)(H,11,12). The molecule has 62 valence electrons. The molecule has 0 fully saturated rings. The largest absolute Gasteiger partial charge is 0.381 e. The number of nitrogen functional groups attached to an aromatic ring is 1. The van der Waals surface area contributed by atoms with E-state index in [0.717, 1.165) is 0 Å². The number of nitrogens with two attached hydrogens (primary N) is 1. The van der Waals surface area contributed by atoms with Gasteiger partial charge in [0.1, 0.15) is 0 Å². The van der Waals surface area contributed by atoms with E-state index in [2.05, 4.69) is 27.1 Å². The summed E-state index contributed by atoms with van der Waals surface area (Å²) >= 11 is 0. The van der Waals surface area contributed by atoms with Crippen molar-refractivity contribution in [3.05, 3.63) is 12.4 Å². The van der Waals surface area contributed by atoms with E-state index in [1.807, 2.05) is 0 Å². The van der Waals surface area contributed by atoms with Gasteiger partial charge < -0.3 is 11.1 Å². The van der Waals surface area contributed by atoms with Crippen molar-refractivity contribution in [3.63, 3.8) is 0 Å². The van der Waals surface area contributed by atoms with Crippen LogP contribution in [0.5, 0.6) is 0 Å². The molecule has 0 saturated heterocycles. The molecule has 12 heavy (non-hydrogen) atoms. The first kappa shape index (κ1) is 8.34. The van der Waals surface area contributed by atoms with Gasteiger partial charge in [-0.3, -0.25) is 0 Å². The summed E-state index contributed by atoms with van der Waals surface area (Å²) in [6, 6.07) is 0. The van der Waals surface area contributed by atoms with Gasteiger partial charge in [0.2, 0.25) is 0 Å². The molecule has 0 bridgehead atoms. The maximum absolute atomic E-state index is 5.52. The zero-order chi connectivity index (χ0) is 8.81. The van der Waals surface area contributed by atoms with E-state index in [4.69, 9.17) is 5.73 Å². The maximum Gasteiger partial charge on any atom is 0.169 e. The Labute approximate surface area is 71.2 Å². The lowest BCUT2D eigenvalue weighted by Crippen LogP contribution is -2.05. The van der Waals surface area contributed by atoms with Gasteiger partial charge in [-0.1, -0.05) is 5.92 Å². The number of anilines is 2. The van der Waals surface area contributed by atoms with Crippen LogP contribution in [0.25, 0.3) is 0 Å². The first-order valence-electron chi connectivity index (χ1n) is 3.54. The minimum atomic E-state index is 0.399. The summed E-state index contributed by atoms with van der Waals surface area (Å²) < 4.78 is 0. The molecule has 0 aliphatic heterocycles. The van der Waals surface area contributed by atoms with Gasteiger partial charge in [-0.05, 0) is 6.92 Å². The van der Waals surface area contributed by atoms with E-state index in [1.165, 1.54) is 0 Å². The molecular formula is C8H10N4. The fourth-order valence-electron chi connectivity index (χ4n) is 0.701. The summed E-state index contributed by atoms with van der Waals surface area (Å²) in [6.07, 6.45) is 3.13. The molecule has 0 aliphatic rings. The molecular weight excluding hydrogens is 152 g/mol. The van der Waals surface area contributed by atoms with Crippen molar-refractivity contribution >= 4 is 11.6 Å². The molecule has 4 nitrogen and oxygen atoms in total. The van der Waals surface area contributed by atoms with E-state index in [0.29, 0.717) is 18.2 Å². The Kier molecular flexibility index (Phi) is 2.91. The molecule has 0 unspecified atom stereocenters. The molecule has 1 aromatic heterocycles. The van der Waals surface area contributed by atoms with Gasteiger partial charge >= 0.3 is 0 Å². The van der Waals surface area contributed by atoms with E-state index < -0.39 is 0 Å². The number of hydrogen-bond acceptors (Lipinski definition) is 4. The summed E-state index contributed by atoms with van der Waals surface area (Å²) in [6.45, 7) is 2.32. The summed E-state index contributed by atoms with van der Waals surface area (Å²) in [5.74, 6) is 6.58. The monoisotopic (exact) mass is 162 g/mol. The quantitative estimate of drug-likeness (QED) is 0.621. The highest BCUT2D eigenvalue weighted by atomic mass is 15.0. The molecule has 3 N–H and O–H groups in total. The smallest absolute Gasteiger partial charge is 0.169 e. The van der Waals surface area contributed by atoms with Gasteiger partial charge in [0.15, 0.2) is 11.6 Å². The number of nitrogens with one attached hydrogen (secondary N) is 1. The average molecular weight is 162 g/mol. The third-order valence-electron chi connectivity index (χ3n) is 1.25. The number of hydrogen-bond donors (Lipinski definition) is 2. The van der Waals surface area contributed by atoms with Crippen LogP contribution in [0.1, 0.15) is 6.92 Å². The van der Waals surface area contributed by atoms with Crippen LogP contribution in [0.3, 0.4) is 0 Å². The molecule has 0 amide bonds. The highest BCUT2D eigenvalue weighted by molar-refractivity contribution is 5.55. The molecule has 0 atom stereocenters. The van der Waals surface area contributed by atoms with Crippen molar-refractivity contribution in [2.45, 2.75) is 6.92 Å². The minimum Gasteiger partial charge on any atom is -0.381 e. The van der Waals surface area contributed by atoms with Gasteiger partial charge in [0.05, 0.1) is 6.54 Å². The molecule has 4 heteroatoms. The molecule has 1 rings (SSSR count). The van der Waals surface area contributed by atoms with Gasteiger partial charge in [-0.2, -0.15) is 0 Å². The zero-order valence-electron chi connectivity index (χ0n) is 6.83. The second kappa shape index (κ2) is 4.19. The minimum absolute atomic E-state index is 0.399. The number of nitrogens with zero attached hydrogens (tertiary/aromatic N) is 2. The van der Waals surface area contributed by atoms with Crippen LogP contribution in [0, 0.1) is 11.8 Å². The highest BCUT2D eigenvalue weighted by Gasteiger charge is 1.96. The Morgan fingerprint density at radius 1 is 1.50 bits per heavy atom. The Hall–Kier alpha value is -1.76. The second-order valence-electron chi connectivity index (χ2n) is 2.07. The molecule has 1 aromatic rings. The van der Waals surface area contributed by atoms with Crippen LogP contribution in [-0.4, -0.2) is 16.5 Å². The lowest BCUT2D eigenvalue weighted by Gasteiger charge is -2.01. The Morgan fingerprint density at radius 3 is 2.92 bits per heavy atom. The molecule has 0 spiro atoms. The lowest BCUT2D eigenvalue weighted by molar-refractivity contribution is 1.18. The topological polar surface area (TPSA) is 63.8 Å². The van der Waals surface area contributed by atoms with Crippen LogP contribution in [-0.2, 0) is 0 Å². The molecule has 0 aliphatic carbocycles. The van der Waals surface area contributed by atoms with Gasteiger partial charge in [-0.15, -0.1) is 5.92 Å². The second-order valence-corrected chi connectivity index (χ2v) is 2.07. The average Bonchev–Trinajstić information content (AvgIpc) is 2.09. The van der Waals surface area contributed by atoms with Crippen LogP contribution >= 0.6 is 0 Å². The van der Waals surface area contributed by atoms with E-state index in [1.54, 1.807) is 19.3 Å². The van der Waals surface area contributed by atoms with E-state index in [-0.39, 0.29) is 0 Å². The van der Waals surface area contributed by atoms with Crippen LogP contribution in [0.4, 0.5) is 11.6 Å². The van der Waals surface area contributed by atoms with Crippen LogP contribution in [0.2, 0.25) is 0 Å². The van der Waals surface area contributed by atoms with Crippen LogP contribution < -0.4 is 11.1 Å². The van der Waals surface area contributed by atoms with Gasteiger partial charge in [0.25, 0.3) is 0 Å². The molecule has 0 radical (unpaired) electrons. The summed E-state index contributed by atoms with van der Waals surface area (Å²) in [4.78, 5) is 7.85. The molecule has 1 heterocycles. The third-order valence-corrected chi connectivity index (χ3v) is 1.25. The molecule has 0 aromatic carbocycles. The van der Waals surface area contributed by atoms with Crippen molar-refractivity contribution in [1.29, 1.82) is 0 Å². The zero-order valence-corrected chi connectivity index (χ0v) is 6.83. The first-order chi connectivity index (χ1) is 5.84. The van der Waals surface area contributed by atoms with E-state index >= 15 is 0 Å². The highest BCUT2D eigenvalue weighted by Crippen LogP contribution is 2.07. The number of rotatable bonds is 2. The van der Waals surface area contributed by atoms with Crippen molar-refractivity contribution in [2.24, 2.45) is 0 Å². The van der Waals surface area contributed by atoms with Crippen LogP contribution in [0.15, 0.2) is 12.4 Å². The summed E-state index contributed by atoms with van der Waals surface area (Å²) in [5.41, 5.74) is 5.52. The Morgan fingerprint density at radius 2 is 2.25 bits per heavy atom. The Bertz CT molecular complexity index is 310. The lowest BCUT2D eigenvalue weighted by atomic mass is 10.5. The van der Waals surface area contributed by atoms with Crippen molar-refractivity contribution in [2.75, 3.05) is 17.6 Å². The van der Waals surface area contributed by atoms with Crippen molar-refractivity contribution in [1.82, 2.24) is 9.97 Å². The fraction of sp³-hybridized carbons (Fsp3) is 0.250. The summed E-state index contributed by atoms with van der Waals surface area (Å²) in [7, 11) is 0. The Balaban J connectivity index is 2.61. The van der Waals surface area contributed by atoms with Gasteiger partial charge in [0, 0.05) is 12.4 Å². The van der Waals surface area contributed by atoms with Crippen molar-refractivity contribution in [3.8, 4) is 11.8 Å². The SMILES string of the molecule is CC#CCNc1nccnc1N. The fourth-order valence-corrected chi connectivity index (χ4v) is 0.701. The van der Waals surface area contributed by atoms with Gasteiger partial charge in [-0.25, -0.2) is 9.97 Å².